The number of aromatic nitrogens is 2. The van der Waals surface area contributed by atoms with Crippen molar-refractivity contribution in [1.82, 2.24) is 25.9 Å². The van der Waals surface area contributed by atoms with E-state index in [-0.39, 0.29) is 25.7 Å². The van der Waals surface area contributed by atoms with Crippen LogP contribution >= 0.6 is 11.3 Å². The highest BCUT2D eigenvalue weighted by Crippen LogP contribution is 2.22. The number of benzene rings is 4. The number of hydrogen-bond acceptors (Lipinski definition) is 6. The third-order valence-electron chi connectivity index (χ3n) is 9.72. The average molecular weight is 740 g/mol. The number of rotatable bonds is 15. The van der Waals surface area contributed by atoms with E-state index in [1.165, 1.54) is 11.3 Å². The molecule has 0 fully saturated rings. The molecule has 274 valence electrons. The molecule has 54 heavy (non-hydrogen) atoms. The van der Waals surface area contributed by atoms with Crippen LogP contribution < -0.4 is 27.4 Å². The Kier molecular flexibility index (Phi) is 10.8. The minimum atomic E-state index is -1.13. The van der Waals surface area contributed by atoms with Crippen molar-refractivity contribution >= 4 is 67.5 Å². The van der Waals surface area contributed by atoms with Gasteiger partial charge in [0.2, 0.25) is 23.6 Å². The molecule has 7 rings (SSSR count). The minimum Gasteiger partial charge on any atom is -0.368 e. The fourth-order valence-electron chi connectivity index (χ4n) is 6.85. The van der Waals surface area contributed by atoms with Gasteiger partial charge in [-0.05, 0) is 57.5 Å². The highest BCUT2D eigenvalue weighted by Gasteiger charge is 2.31. The lowest BCUT2D eigenvalue weighted by molar-refractivity contribution is -0.133. The maximum Gasteiger partial charge on any atom is 0.243 e. The van der Waals surface area contributed by atoms with Crippen LogP contribution in [0.2, 0.25) is 0 Å². The van der Waals surface area contributed by atoms with Crippen LogP contribution in [0.25, 0.3) is 32.6 Å². The smallest absolute Gasteiger partial charge is 0.243 e. The first-order chi connectivity index (χ1) is 26.2. The van der Waals surface area contributed by atoms with Gasteiger partial charge in [0.05, 0.1) is 6.04 Å². The zero-order chi connectivity index (χ0) is 37.6. The number of nitrogens with one attached hydrogen (secondary N) is 5. The van der Waals surface area contributed by atoms with Crippen molar-refractivity contribution in [2.75, 3.05) is 0 Å². The van der Waals surface area contributed by atoms with E-state index in [0.717, 1.165) is 54.1 Å². The van der Waals surface area contributed by atoms with Gasteiger partial charge in [-0.25, -0.2) is 0 Å². The Morgan fingerprint density at radius 1 is 0.593 bits per heavy atom. The summed E-state index contributed by atoms with van der Waals surface area (Å²) < 4.78 is 0. The number of aromatic amines is 2. The number of primary amides is 1. The van der Waals surface area contributed by atoms with Crippen LogP contribution in [0, 0.1) is 0 Å². The molecule has 0 spiro atoms. The molecule has 0 saturated carbocycles. The number of H-pyrrole nitrogens is 2. The van der Waals surface area contributed by atoms with Crippen molar-refractivity contribution < 1.29 is 19.2 Å². The van der Waals surface area contributed by atoms with Crippen molar-refractivity contribution in [2.24, 2.45) is 11.5 Å². The van der Waals surface area contributed by atoms with Crippen LogP contribution in [0.1, 0.15) is 21.6 Å². The molecule has 0 aliphatic heterocycles. The molecule has 7 aromatic rings. The summed E-state index contributed by atoms with van der Waals surface area (Å²) in [6.07, 6.45) is 4.29. The van der Waals surface area contributed by atoms with Gasteiger partial charge in [0.25, 0.3) is 0 Å². The predicted octanol–water partition coefficient (Wildman–Crippen LogP) is 4.40. The number of hydrogen-bond donors (Lipinski definition) is 7. The largest absolute Gasteiger partial charge is 0.368 e. The second-order valence-electron chi connectivity index (χ2n) is 13.5. The average Bonchev–Trinajstić information content (AvgIpc) is 3.95. The van der Waals surface area contributed by atoms with Gasteiger partial charge >= 0.3 is 0 Å². The molecule has 0 saturated heterocycles. The van der Waals surface area contributed by atoms with Gasteiger partial charge in [-0.3, -0.25) is 19.2 Å². The molecule has 0 radical (unpaired) electrons. The Labute approximate surface area is 315 Å². The summed E-state index contributed by atoms with van der Waals surface area (Å²) >= 11 is 1.45. The first-order valence-electron chi connectivity index (χ1n) is 17.8. The monoisotopic (exact) mass is 739 g/mol. The molecule has 4 aromatic carbocycles. The van der Waals surface area contributed by atoms with Crippen molar-refractivity contribution in [3.63, 3.8) is 0 Å². The fraction of sp³-hybridized carbons (Fsp3) is 0.190. The van der Waals surface area contributed by atoms with Crippen molar-refractivity contribution in [1.29, 1.82) is 0 Å². The number of para-hydroxylation sites is 2. The number of carbonyl (C=O) groups is 4. The maximum atomic E-state index is 14.4. The Bertz CT molecular complexity index is 2440. The molecule has 0 aliphatic carbocycles. The Hall–Kier alpha value is -6.24. The van der Waals surface area contributed by atoms with Crippen LogP contribution in [-0.2, 0) is 44.9 Å². The van der Waals surface area contributed by atoms with Crippen molar-refractivity contribution in [2.45, 2.75) is 49.9 Å². The molecular weight excluding hydrogens is 699 g/mol. The third-order valence-corrected chi connectivity index (χ3v) is 10.6. The highest BCUT2D eigenvalue weighted by atomic mass is 32.1. The number of nitrogens with two attached hydrogens (primary N) is 2. The van der Waals surface area contributed by atoms with Gasteiger partial charge in [-0.1, -0.05) is 84.9 Å². The molecule has 0 aliphatic rings. The van der Waals surface area contributed by atoms with E-state index in [4.69, 9.17) is 11.5 Å². The van der Waals surface area contributed by atoms with Crippen LogP contribution in [-0.4, -0.2) is 57.8 Å². The quantitative estimate of drug-likeness (QED) is 0.0820. The normalized spacial score (nSPS) is 13.6. The topological polar surface area (TPSA) is 188 Å². The van der Waals surface area contributed by atoms with Gasteiger partial charge in [-0.2, -0.15) is 0 Å². The summed E-state index contributed by atoms with van der Waals surface area (Å²) in [7, 11) is 0. The summed E-state index contributed by atoms with van der Waals surface area (Å²) in [6, 6.07) is 28.7. The lowest BCUT2D eigenvalue weighted by atomic mass is 9.99. The molecule has 3 aromatic heterocycles. The zero-order valence-corrected chi connectivity index (χ0v) is 30.2. The van der Waals surface area contributed by atoms with Gasteiger partial charge in [0, 0.05) is 58.3 Å². The van der Waals surface area contributed by atoms with Crippen LogP contribution in [0.5, 0.6) is 0 Å². The Morgan fingerprint density at radius 3 is 1.74 bits per heavy atom. The molecule has 4 unspecified atom stereocenters. The highest BCUT2D eigenvalue weighted by molar-refractivity contribution is 7.09. The SMILES string of the molecule is NC(=O)C(Cc1cccs1)NC(=O)C(Cc1c[nH]c2ccccc12)NC(=O)C(Cc1c[nH]c2ccccc12)NC(=O)C(N)Cc1ccc2ccccc2c1. The van der Waals surface area contributed by atoms with Gasteiger partial charge in [-0.15, -0.1) is 11.3 Å². The van der Waals surface area contributed by atoms with Crippen LogP contribution in [0.15, 0.2) is 121 Å². The van der Waals surface area contributed by atoms with Crippen LogP contribution in [0.3, 0.4) is 0 Å². The van der Waals surface area contributed by atoms with Crippen molar-refractivity contribution in [3.05, 3.63) is 142 Å². The lowest BCUT2D eigenvalue weighted by Gasteiger charge is -2.25. The first-order valence-corrected chi connectivity index (χ1v) is 18.7. The van der Waals surface area contributed by atoms with E-state index < -0.39 is 47.8 Å². The summed E-state index contributed by atoms with van der Waals surface area (Å²) in [5, 5.41) is 14.4. The summed E-state index contributed by atoms with van der Waals surface area (Å²) in [6.45, 7) is 0. The number of amides is 4. The molecule has 11 nitrogen and oxygen atoms in total. The number of fused-ring (bicyclic) bond motifs is 3. The fourth-order valence-corrected chi connectivity index (χ4v) is 7.60. The molecule has 4 amide bonds. The second kappa shape index (κ2) is 16.2. The number of carbonyl (C=O) groups excluding carboxylic acids is 4. The van der Waals surface area contributed by atoms with E-state index in [2.05, 4.69) is 25.9 Å². The lowest BCUT2D eigenvalue weighted by Crippen LogP contribution is -2.58. The molecule has 12 heteroatoms. The van der Waals surface area contributed by atoms with Crippen LogP contribution in [0.4, 0.5) is 0 Å². The van der Waals surface area contributed by atoms with E-state index in [0.29, 0.717) is 0 Å². The molecule has 9 N–H and O–H groups in total. The van der Waals surface area contributed by atoms with Gasteiger partial charge < -0.3 is 37.4 Å². The summed E-state index contributed by atoms with van der Waals surface area (Å²) in [5.74, 6) is -2.37. The van der Waals surface area contributed by atoms with Crippen molar-refractivity contribution in [3.8, 4) is 0 Å². The molecule has 4 atom stereocenters. The standard InChI is InChI=1S/C42H41N7O4S/c43-33(19-25-15-16-26-8-1-2-9-27(26)18-25)40(51)48-37(20-28-23-45-34-13-5-3-11-31(28)34)42(53)49-38(21-29-24-46-35-14-6-4-12-32(29)35)41(52)47-36(39(44)50)22-30-10-7-17-54-30/h1-18,23-24,33,36-38,45-46H,19-22,43H2,(H2,44,50)(H,47,52)(H,48,51)(H,49,53). The molecule has 3 heterocycles. The minimum absolute atomic E-state index is 0.0985. The summed E-state index contributed by atoms with van der Waals surface area (Å²) in [4.78, 5) is 62.1. The first kappa shape index (κ1) is 36.1. The Morgan fingerprint density at radius 2 is 1.15 bits per heavy atom. The zero-order valence-electron chi connectivity index (χ0n) is 29.4. The number of thiophene rings is 1. The summed E-state index contributed by atoms with van der Waals surface area (Å²) in [5.41, 5.74) is 16.4. The Balaban J connectivity index is 1.15. The predicted molar refractivity (Wildman–Crippen MR) is 213 cm³/mol. The van der Waals surface area contributed by atoms with E-state index in [1.54, 1.807) is 6.20 Å². The van der Waals surface area contributed by atoms with E-state index in [9.17, 15) is 19.2 Å². The van der Waals surface area contributed by atoms with Gasteiger partial charge in [0.15, 0.2) is 0 Å². The third kappa shape index (κ3) is 8.35. The van der Waals surface area contributed by atoms with E-state index in [1.807, 2.05) is 115 Å². The molecule has 0 bridgehead atoms. The van der Waals surface area contributed by atoms with Gasteiger partial charge in [0.1, 0.15) is 18.1 Å². The maximum absolute atomic E-state index is 14.4. The second-order valence-corrected chi connectivity index (χ2v) is 14.5. The van der Waals surface area contributed by atoms with E-state index >= 15 is 0 Å². The molecular formula is C42H41N7O4S.